The second-order valence-corrected chi connectivity index (χ2v) is 5.57. The Labute approximate surface area is 151 Å². The predicted octanol–water partition coefficient (Wildman–Crippen LogP) is 1.57. The Morgan fingerprint density at radius 1 is 1.19 bits per heavy atom. The molecule has 1 atom stereocenters. The van der Waals surface area contributed by atoms with E-state index < -0.39 is 11.9 Å². The maximum absolute atomic E-state index is 12.2. The van der Waals surface area contributed by atoms with Crippen molar-refractivity contribution in [3.05, 3.63) is 59.9 Å². The standard InChI is InChI=1S/C18H21N5O3/c1-2-15(13-6-4-8-20-10-13)23-16(24)11-21-17(25)12-5-3-7-14(9-12)22-18(19)26/h3-10,15H,2,11H2,1H3,(H,21,25)(H,23,24)(H3,19,22,26). The van der Waals surface area contributed by atoms with Crippen LogP contribution in [0.4, 0.5) is 10.5 Å². The number of aromatic nitrogens is 1. The molecule has 0 saturated carbocycles. The Morgan fingerprint density at radius 3 is 2.65 bits per heavy atom. The minimum Gasteiger partial charge on any atom is -0.351 e. The van der Waals surface area contributed by atoms with Gasteiger partial charge >= 0.3 is 6.03 Å². The van der Waals surface area contributed by atoms with Crippen LogP contribution >= 0.6 is 0 Å². The number of hydrogen-bond acceptors (Lipinski definition) is 4. The number of nitrogens with zero attached hydrogens (tertiary/aromatic N) is 1. The van der Waals surface area contributed by atoms with Crippen LogP contribution in [0.2, 0.25) is 0 Å². The van der Waals surface area contributed by atoms with E-state index in [9.17, 15) is 14.4 Å². The van der Waals surface area contributed by atoms with Crippen LogP contribution in [0.5, 0.6) is 0 Å². The van der Waals surface area contributed by atoms with E-state index in [1.165, 1.54) is 6.07 Å². The Morgan fingerprint density at radius 2 is 2.00 bits per heavy atom. The van der Waals surface area contributed by atoms with Gasteiger partial charge in [-0.25, -0.2) is 4.79 Å². The van der Waals surface area contributed by atoms with Crippen LogP contribution in [0, 0.1) is 0 Å². The zero-order valence-corrected chi connectivity index (χ0v) is 14.4. The minimum atomic E-state index is -0.719. The van der Waals surface area contributed by atoms with E-state index in [1.54, 1.807) is 36.7 Å². The van der Waals surface area contributed by atoms with Gasteiger partial charge in [0.15, 0.2) is 0 Å². The van der Waals surface area contributed by atoms with Gasteiger partial charge < -0.3 is 21.7 Å². The number of benzene rings is 1. The van der Waals surface area contributed by atoms with Crippen molar-refractivity contribution < 1.29 is 14.4 Å². The van der Waals surface area contributed by atoms with Crippen molar-refractivity contribution in [2.75, 3.05) is 11.9 Å². The second kappa shape index (κ2) is 9.16. The Hall–Kier alpha value is -3.42. The summed E-state index contributed by atoms with van der Waals surface area (Å²) in [6.07, 6.45) is 4.07. The molecule has 0 spiro atoms. The molecule has 0 fully saturated rings. The summed E-state index contributed by atoms with van der Waals surface area (Å²) in [5.41, 5.74) is 6.66. The topological polar surface area (TPSA) is 126 Å². The second-order valence-electron chi connectivity index (χ2n) is 5.57. The SMILES string of the molecule is CCC(NC(=O)CNC(=O)c1cccc(NC(N)=O)c1)c1cccnc1. The molecular formula is C18H21N5O3. The number of anilines is 1. The lowest BCUT2D eigenvalue weighted by Gasteiger charge is -2.17. The maximum Gasteiger partial charge on any atom is 0.316 e. The first-order valence-electron chi connectivity index (χ1n) is 8.13. The summed E-state index contributed by atoms with van der Waals surface area (Å²) < 4.78 is 0. The Balaban J connectivity index is 1.90. The summed E-state index contributed by atoms with van der Waals surface area (Å²) in [4.78, 5) is 39.2. The fraction of sp³-hybridized carbons (Fsp3) is 0.222. The highest BCUT2D eigenvalue weighted by Crippen LogP contribution is 2.14. The van der Waals surface area contributed by atoms with Gasteiger partial charge in [0, 0.05) is 23.6 Å². The van der Waals surface area contributed by atoms with Gasteiger partial charge in [-0.05, 0) is 36.2 Å². The van der Waals surface area contributed by atoms with Crippen LogP contribution in [-0.4, -0.2) is 29.4 Å². The quantitative estimate of drug-likeness (QED) is 0.601. The zero-order chi connectivity index (χ0) is 18.9. The molecule has 136 valence electrons. The molecule has 0 aliphatic carbocycles. The van der Waals surface area contributed by atoms with E-state index in [-0.39, 0.29) is 18.5 Å². The van der Waals surface area contributed by atoms with Crippen molar-refractivity contribution in [1.82, 2.24) is 15.6 Å². The van der Waals surface area contributed by atoms with Gasteiger partial charge in [0.2, 0.25) is 5.91 Å². The summed E-state index contributed by atoms with van der Waals surface area (Å²) in [6, 6.07) is 9.06. The molecule has 26 heavy (non-hydrogen) atoms. The van der Waals surface area contributed by atoms with Crippen LogP contribution in [-0.2, 0) is 4.79 Å². The third kappa shape index (κ3) is 5.59. The van der Waals surface area contributed by atoms with E-state index in [2.05, 4.69) is 20.9 Å². The van der Waals surface area contributed by atoms with Crippen molar-refractivity contribution in [2.45, 2.75) is 19.4 Å². The fourth-order valence-electron chi connectivity index (χ4n) is 2.39. The molecular weight excluding hydrogens is 334 g/mol. The number of nitrogens with two attached hydrogens (primary N) is 1. The molecule has 1 unspecified atom stereocenters. The molecule has 8 nitrogen and oxygen atoms in total. The van der Waals surface area contributed by atoms with Gasteiger partial charge in [-0.2, -0.15) is 0 Å². The molecule has 0 aliphatic rings. The van der Waals surface area contributed by atoms with Crippen molar-refractivity contribution >= 4 is 23.5 Å². The number of hydrogen-bond donors (Lipinski definition) is 4. The predicted molar refractivity (Wildman–Crippen MR) is 97.4 cm³/mol. The highest BCUT2D eigenvalue weighted by Gasteiger charge is 2.14. The summed E-state index contributed by atoms with van der Waals surface area (Å²) in [6.45, 7) is 1.79. The number of amides is 4. The summed E-state index contributed by atoms with van der Waals surface area (Å²) in [7, 11) is 0. The smallest absolute Gasteiger partial charge is 0.316 e. The lowest BCUT2D eigenvalue weighted by molar-refractivity contribution is -0.120. The van der Waals surface area contributed by atoms with Gasteiger partial charge in [0.25, 0.3) is 5.91 Å². The van der Waals surface area contributed by atoms with Crippen molar-refractivity contribution in [3.8, 4) is 0 Å². The van der Waals surface area contributed by atoms with Gasteiger partial charge in [0.05, 0.1) is 12.6 Å². The van der Waals surface area contributed by atoms with E-state index in [1.807, 2.05) is 13.0 Å². The number of nitrogens with one attached hydrogen (secondary N) is 3. The molecule has 2 aromatic rings. The highest BCUT2D eigenvalue weighted by atomic mass is 16.2. The number of pyridine rings is 1. The Bertz CT molecular complexity index is 779. The average molecular weight is 355 g/mol. The third-order valence-corrected chi connectivity index (χ3v) is 3.63. The summed E-state index contributed by atoms with van der Waals surface area (Å²) >= 11 is 0. The summed E-state index contributed by atoms with van der Waals surface area (Å²) in [5, 5.41) is 7.80. The lowest BCUT2D eigenvalue weighted by Crippen LogP contribution is -2.38. The molecule has 1 heterocycles. The third-order valence-electron chi connectivity index (χ3n) is 3.63. The van der Waals surface area contributed by atoms with Crippen molar-refractivity contribution in [1.29, 1.82) is 0 Å². The van der Waals surface area contributed by atoms with Crippen LogP contribution < -0.4 is 21.7 Å². The number of rotatable bonds is 7. The normalized spacial score (nSPS) is 11.3. The minimum absolute atomic E-state index is 0.164. The largest absolute Gasteiger partial charge is 0.351 e. The first kappa shape index (κ1) is 18.9. The van der Waals surface area contributed by atoms with Gasteiger partial charge in [-0.3, -0.25) is 14.6 Å². The molecule has 2 rings (SSSR count). The molecule has 0 bridgehead atoms. The van der Waals surface area contributed by atoms with Gasteiger partial charge in [-0.1, -0.05) is 19.1 Å². The molecule has 1 aromatic carbocycles. The van der Waals surface area contributed by atoms with Gasteiger partial charge in [0.1, 0.15) is 0 Å². The first-order chi connectivity index (χ1) is 12.5. The number of primary amides is 1. The molecule has 0 saturated heterocycles. The number of urea groups is 1. The van der Waals surface area contributed by atoms with Crippen LogP contribution in [0.1, 0.15) is 35.3 Å². The molecule has 5 N–H and O–H groups in total. The number of carbonyl (C=O) groups is 3. The van der Waals surface area contributed by atoms with E-state index >= 15 is 0 Å². The van der Waals surface area contributed by atoms with Crippen molar-refractivity contribution in [3.63, 3.8) is 0 Å². The van der Waals surface area contributed by atoms with E-state index in [0.29, 0.717) is 17.7 Å². The zero-order valence-electron chi connectivity index (χ0n) is 14.4. The Kier molecular flexibility index (Phi) is 6.67. The fourth-order valence-corrected chi connectivity index (χ4v) is 2.39. The lowest BCUT2D eigenvalue weighted by atomic mass is 10.1. The van der Waals surface area contributed by atoms with E-state index in [0.717, 1.165) is 5.56 Å². The maximum atomic E-state index is 12.2. The molecule has 4 amide bonds. The monoisotopic (exact) mass is 355 g/mol. The van der Waals surface area contributed by atoms with Gasteiger partial charge in [-0.15, -0.1) is 0 Å². The average Bonchev–Trinajstić information content (AvgIpc) is 2.64. The summed E-state index contributed by atoms with van der Waals surface area (Å²) in [5.74, 6) is -0.733. The molecule has 1 aromatic heterocycles. The molecule has 0 radical (unpaired) electrons. The number of carbonyl (C=O) groups excluding carboxylic acids is 3. The van der Waals surface area contributed by atoms with Crippen molar-refractivity contribution in [2.24, 2.45) is 5.73 Å². The van der Waals surface area contributed by atoms with E-state index in [4.69, 9.17) is 5.73 Å². The van der Waals surface area contributed by atoms with Crippen LogP contribution in [0.25, 0.3) is 0 Å². The highest BCUT2D eigenvalue weighted by molar-refractivity contribution is 5.98. The molecule has 8 heteroatoms. The van der Waals surface area contributed by atoms with Crippen LogP contribution in [0.3, 0.4) is 0 Å². The molecule has 0 aliphatic heterocycles. The van der Waals surface area contributed by atoms with Crippen LogP contribution in [0.15, 0.2) is 48.8 Å². The first-order valence-corrected chi connectivity index (χ1v) is 8.13.